The summed E-state index contributed by atoms with van der Waals surface area (Å²) in [6, 6.07) is 8.02. The summed E-state index contributed by atoms with van der Waals surface area (Å²) in [5.74, 6) is 0. The van der Waals surface area contributed by atoms with Gasteiger partial charge in [-0.25, -0.2) is 0 Å². The highest BCUT2D eigenvalue weighted by Crippen LogP contribution is 2.26. The molecule has 0 bridgehead atoms. The third-order valence-electron chi connectivity index (χ3n) is 2.54. The van der Waals surface area contributed by atoms with Gasteiger partial charge in [0.1, 0.15) is 5.52 Å². The predicted octanol–water partition coefficient (Wildman–Crippen LogP) is 3.85. The molecule has 2 heterocycles. The minimum Gasteiger partial charge on any atom is -0.423 e. The molecule has 2 aromatic heterocycles. The van der Waals surface area contributed by atoms with Crippen molar-refractivity contribution in [2.24, 2.45) is 0 Å². The molecule has 3 aromatic rings. The van der Waals surface area contributed by atoms with Crippen LogP contribution in [-0.2, 0) is 6.54 Å². The monoisotopic (exact) mass is 323 g/mol. The number of benzene rings is 1. The van der Waals surface area contributed by atoms with Gasteiger partial charge in [-0.1, -0.05) is 6.07 Å². The van der Waals surface area contributed by atoms with Crippen LogP contribution < -0.4 is 11.1 Å². The highest BCUT2D eigenvalue weighted by atomic mass is 79.9. The number of thiophene rings is 1. The van der Waals surface area contributed by atoms with Crippen LogP contribution in [-0.4, -0.2) is 4.98 Å². The van der Waals surface area contributed by atoms with Gasteiger partial charge in [0.25, 0.3) is 6.01 Å². The molecular formula is C12H10BrN3OS. The molecule has 92 valence electrons. The maximum Gasteiger partial charge on any atom is 0.296 e. The minimum atomic E-state index is 0.489. The molecule has 18 heavy (non-hydrogen) atoms. The van der Waals surface area contributed by atoms with Gasteiger partial charge in [-0.3, -0.25) is 0 Å². The van der Waals surface area contributed by atoms with Crippen LogP contribution in [0.25, 0.3) is 11.1 Å². The first-order valence-corrected chi connectivity index (χ1v) is 7.02. The van der Waals surface area contributed by atoms with Crippen LogP contribution in [0.2, 0.25) is 0 Å². The van der Waals surface area contributed by atoms with Gasteiger partial charge in [0.15, 0.2) is 5.58 Å². The molecule has 0 amide bonds. The van der Waals surface area contributed by atoms with E-state index in [1.54, 1.807) is 11.3 Å². The number of nitrogens with zero attached hydrogens (tertiary/aromatic N) is 1. The molecule has 3 N–H and O–H groups in total. The topological polar surface area (TPSA) is 64.1 Å². The number of nitrogens with two attached hydrogens (primary N) is 1. The van der Waals surface area contributed by atoms with Crippen LogP contribution >= 0.6 is 27.3 Å². The summed E-state index contributed by atoms with van der Waals surface area (Å²) >= 11 is 5.16. The maximum atomic E-state index is 5.83. The van der Waals surface area contributed by atoms with Crippen LogP contribution in [0, 0.1) is 0 Å². The normalized spacial score (nSPS) is 10.9. The van der Waals surface area contributed by atoms with E-state index in [0.29, 0.717) is 29.3 Å². The molecule has 0 unspecified atom stereocenters. The fourth-order valence-corrected chi connectivity index (χ4v) is 3.08. The molecule has 0 atom stereocenters. The molecule has 3 rings (SSSR count). The summed E-state index contributed by atoms with van der Waals surface area (Å²) in [6.07, 6.45) is 0. The summed E-state index contributed by atoms with van der Waals surface area (Å²) in [5.41, 5.74) is 7.85. The SMILES string of the molecule is Nc1cccc2oc(NCc3sccc3Br)nc12. The van der Waals surface area contributed by atoms with Crippen LogP contribution in [0.4, 0.5) is 11.7 Å². The molecule has 0 aliphatic rings. The van der Waals surface area contributed by atoms with Crippen LogP contribution in [0.5, 0.6) is 0 Å². The van der Waals surface area contributed by atoms with Gasteiger partial charge in [-0.15, -0.1) is 11.3 Å². The Morgan fingerprint density at radius 1 is 1.39 bits per heavy atom. The minimum absolute atomic E-state index is 0.489. The standard InChI is InChI=1S/C12H10BrN3OS/c13-7-4-5-18-10(7)6-15-12-16-11-8(14)2-1-3-9(11)17-12/h1-5H,6,14H2,(H,15,16). The van der Waals surface area contributed by atoms with Crippen molar-refractivity contribution in [3.05, 3.63) is 39.0 Å². The van der Waals surface area contributed by atoms with Gasteiger partial charge in [-0.05, 0) is 39.5 Å². The van der Waals surface area contributed by atoms with Gasteiger partial charge >= 0.3 is 0 Å². The van der Waals surface area contributed by atoms with Crippen molar-refractivity contribution in [3.63, 3.8) is 0 Å². The molecule has 0 aliphatic carbocycles. The Kier molecular flexibility index (Phi) is 2.97. The van der Waals surface area contributed by atoms with Crippen molar-refractivity contribution < 1.29 is 4.42 Å². The largest absolute Gasteiger partial charge is 0.423 e. The molecule has 4 nitrogen and oxygen atoms in total. The quantitative estimate of drug-likeness (QED) is 0.718. The third-order valence-corrected chi connectivity index (χ3v) is 4.47. The summed E-state index contributed by atoms with van der Waals surface area (Å²) in [6.45, 7) is 0.672. The average molecular weight is 324 g/mol. The molecule has 0 saturated heterocycles. The molecule has 1 aromatic carbocycles. The lowest BCUT2D eigenvalue weighted by molar-refractivity contribution is 0.615. The van der Waals surface area contributed by atoms with Crippen molar-refractivity contribution in [2.75, 3.05) is 11.1 Å². The number of halogens is 1. The first-order chi connectivity index (χ1) is 8.74. The average Bonchev–Trinajstić information content (AvgIpc) is 2.93. The van der Waals surface area contributed by atoms with Gasteiger partial charge in [0, 0.05) is 9.35 Å². The van der Waals surface area contributed by atoms with Gasteiger partial charge in [0.05, 0.1) is 12.2 Å². The zero-order chi connectivity index (χ0) is 12.5. The molecule has 0 fully saturated rings. The Hall–Kier alpha value is -1.53. The Morgan fingerprint density at radius 3 is 3.00 bits per heavy atom. The smallest absolute Gasteiger partial charge is 0.296 e. The first-order valence-electron chi connectivity index (χ1n) is 5.35. The third kappa shape index (κ3) is 2.09. The van der Waals surface area contributed by atoms with Crippen LogP contribution in [0.1, 0.15) is 4.88 Å². The first kappa shape index (κ1) is 11.6. The fourth-order valence-electron chi connectivity index (χ4n) is 1.65. The van der Waals surface area contributed by atoms with Gasteiger partial charge in [0.2, 0.25) is 0 Å². The molecule has 0 saturated carbocycles. The lowest BCUT2D eigenvalue weighted by Crippen LogP contribution is -1.97. The number of aromatic nitrogens is 1. The van der Waals surface area contributed by atoms with E-state index in [4.69, 9.17) is 10.2 Å². The van der Waals surface area contributed by atoms with Gasteiger partial charge in [-0.2, -0.15) is 4.98 Å². The van der Waals surface area contributed by atoms with Crippen LogP contribution in [0.15, 0.2) is 38.5 Å². The van der Waals surface area contributed by atoms with Gasteiger partial charge < -0.3 is 15.5 Å². The molecule has 0 aliphatic heterocycles. The van der Waals surface area contributed by atoms with Crippen molar-refractivity contribution in [2.45, 2.75) is 6.54 Å². The van der Waals surface area contributed by atoms with E-state index >= 15 is 0 Å². The lowest BCUT2D eigenvalue weighted by Gasteiger charge is -1.99. The second-order valence-corrected chi connectivity index (χ2v) is 5.61. The number of hydrogen-bond donors (Lipinski definition) is 2. The summed E-state index contributed by atoms with van der Waals surface area (Å²) in [5, 5.41) is 5.18. The molecule has 0 radical (unpaired) electrons. The number of oxazole rings is 1. The fraction of sp³-hybridized carbons (Fsp3) is 0.0833. The van der Waals surface area contributed by atoms with E-state index in [1.807, 2.05) is 29.6 Å². The second-order valence-electron chi connectivity index (χ2n) is 3.76. The van der Waals surface area contributed by atoms with E-state index in [0.717, 1.165) is 4.47 Å². The number of fused-ring (bicyclic) bond motifs is 1. The number of nitrogen functional groups attached to an aromatic ring is 1. The second kappa shape index (κ2) is 4.62. The number of anilines is 2. The zero-order valence-electron chi connectivity index (χ0n) is 9.31. The highest BCUT2D eigenvalue weighted by molar-refractivity contribution is 9.10. The summed E-state index contributed by atoms with van der Waals surface area (Å²) < 4.78 is 6.67. The van der Waals surface area contributed by atoms with E-state index < -0.39 is 0 Å². The van der Waals surface area contributed by atoms with Crippen molar-refractivity contribution >= 4 is 50.1 Å². The Morgan fingerprint density at radius 2 is 2.28 bits per heavy atom. The van der Waals surface area contributed by atoms with E-state index in [1.165, 1.54) is 4.88 Å². The zero-order valence-corrected chi connectivity index (χ0v) is 11.7. The Balaban J connectivity index is 1.83. The number of nitrogens with one attached hydrogen (secondary N) is 1. The predicted molar refractivity (Wildman–Crippen MR) is 77.8 cm³/mol. The van der Waals surface area contributed by atoms with E-state index in [2.05, 4.69) is 26.2 Å². The van der Waals surface area contributed by atoms with Crippen molar-refractivity contribution in [3.8, 4) is 0 Å². The van der Waals surface area contributed by atoms with Crippen LogP contribution in [0.3, 0.4) is 0 Å². The molecular weight excluding hydrogens is 314 g/mol. The number of para-hydroxylation sites is 1. The molecule has 6 heteroatoms. The lowest BCUT2D eigenvalue weighted by atomic mass is 10.3. The Labute approximate surface area is 116 Å². The number of hydrogen-bond acceptors (Lipinski definition) is 5. The molecule has 0 spiro atoms. The Bertz CT molecular complexity index is 692. The van der Waals surface area contributed by atoms with Crippen molar-refractivity contribution in [1.29, 1.82) is 0 Å². The summed E-state index contributed by atoms with van der Waals surface area (Å²) in [7, 11) is 0. The maximum absolute atomic E-state index is 5.83. The van der Waals surface area contributed by atoms with E-state index in [9.17, 15) is 0 Å². The number of rotatable bonds is 3. The van der Waals surface area contributed by atoms with Crippen molar-refractivity contribution in [1.82, 2.24) is 4.98 Å². The van der Waals surface area contributed by atoms with E-state index in [-0.39, 0.29) is 0 Å². The summed E-state index contributed by atoms with van der Waals surface area (Å²) in [4.78, 5) is 5.53. The highest BCUT2D eigenvalue weighted by Gasteiger charge is 2.08.